The second-order valence-electron chi connectivity index (χ2n) is 12.9. The second kappa shape index (κ2) is 10.9. The summed E-state index contributed by atoms with van der Waals surface area (Å²) in [5.74, 6) is -3.11. The van der Waals surface area contributed by atoms with E-state index in [0.717, 1.165) is 5.57 Å². The smallest absolute Gasteiger partial charge is 0.350 e. The van der Waals surface area contributed by atoms with Gasteiger partial charge in [0.1, 0.15) is 18.3 Å². The van der Waals surface area contributed by atoms with E-state index in [1.807, 2.05) is 26.0 Å². The molecule has 0 aromatic carbocycles. The van der Waals surface area contributed by atoms with Crippen LogP contribution in [0.2, 0.25) is 0 Å². The SMILES string of the molecule is CC[C@@](C)(OC(C)=O)C(=O)OC1[C@H](O)C[C@H]2C(COC(C)=O)([C@@H](OC(C)=O)C=C(C)[C@]2(C)[C@@H]2C[C@H]3C=CO[C@H]3O2)[C@@]12CO2. The number of esters is 4. The van der Waals surface area contributed by atoms with E-state index in [0.29, 0.717) is 6.42 Å². The van der Waals surface area contributed by atoms with Gasteiger partial charge < -0.3 is 38.3 Å². The minimum absolute atomic E-state index is 0.0273. The van der Waals surface area contributed by atoms with Gasteiger partial charge in [0.2, 0.25) is 11.9 Å². The van der Waals surface area contributed by atoms with Gasteiger partial charge in [0.05, 0.1) is 30.5 Å². The van der Waals surface area contributed by atoms with Gasteiger partial charge in [0, 0.05) is 32.1 Å². The molecule has 0 bridgehead atoms. The summed E-state index contributed by atoms with van der Waals surface area (Å²) in [6.07, 6.45) is 2.04. The lowest BCUT2D eigenvalue weighted by molar-refractivity contribution is -0.251. The Morgan fingerprint density at radius 3 is 2.35 bits per heavy atom. The third-order valence-corrected chi connectivity index (χ3v) is 10.5. The minimum Gasteiger partial charge on any atom is -0.472 e. The summed E-state index contributed by atoms with van der Waals surface area (Å²) in [5, 5.41) is 11.8. The van der Waals surface area contributed by atoms with Crippen LogP contribution in [0.5, 0.6) is 0 Å². The molecule has 12 nitrogen and oxygen atoms in total. The number of epoxide rings is 1. The van der Waals surface area contributed by atoms with Crippen molar-refractivity contribution in [1.82, 2.24) is 0 Å². The summed E-state index contributed by atoms with van der Waals surface area (Å²) >= 11 is 0. The third kappa shape index (κ3) is 4.85. The average molecular weight is 607 g/mol. The zero-order valence-electron chi connectivity index (χ0n) is 25.7. The Bertz CT molecular complexity index is 1240. The summed E-state index contributed by atoms with van der Waals surface area (Å²) < 4.78 is 41.3. The first kappa shape index (κ1) is 31.5. The van der Waals surface area contributed by atoms with Crippen molar-refractivity contribution in [2.24, 2.45) is 22.7 Å². The normalized spacial score (nSPS) is 42.0. The van der Waals surface area contributed by atoms with Crippen LogP contribution in [0.25, 0.3) is 0 Å². The monoisotopic (exact) mass is 606 g/mol. The minimum atomic E-state index is -1.61. The van der Waals surface area contributed by atoms with E-state index in [4.69, 9.17) is 33.2 Å². The number of rotatable bonds is 8. The highest BCUT2D eigenvalue weighted by Gasteiger charge is 2.81. The fourth-order valence-corrected chi connectivity index (χ4v) is 7.91. The molecule has 0 aromatic rings. The molecule has 1 spiro atoms. The molecular formula is C31H42O12. The Morgan fingerprint density at radius 1 is 1.09 bits per heavy atom. The van der Waals surface area contributed by atoms with Crippen LogP contribution in [0, 0.1) is 22.7 Å². The third-order valence-electron chi connectivity index (χ3n) is 10.5. The molecule has 0 radical (unpaired) electrons. The molecule has 3 fully saturated rings. The van der Waals surface area contributed by atoms with Gasteiger partial charge in [-0.1, -0.05) is 19.4 Å². The number of fused-ring (bicyclic) bond motifs is 3. The lowest BCUT2D eigenvalue weighted by Gasteiger charge is -2.62. The first-order valence-electron chi connectivity index (χ1n) is 14.8. The van der Waals surface area contributed by atoms with Crippen molar-refractivity contribution in [3.05, 3.63) is 24.0 Å². The van der Waals surface area contributed by atoms with Crippen LogP contribution in [0.3, 0.4) is 0 Å². The molecule has 0 amide bonds. The molecule has 43 heavy (non-hydrogen) atoms. The Kier molecular flexibility index (Phi) is 7.97. The lowest BCUT2D eigenvalue weighted by atomic mass is 9.44. The standard InChI is InChI=1S/C31H42O12/c1-8-28(6,43-19(5)34)27(36)42-25-21(35)13-22-29(7,23-12-20-9-10-37-26(20)41-23)16(2)11-24(40-18(4)33)30(22,14-38-17(3)32)31(25)15-39-31/h9-11,20-26,35H,8,12-15H2,1-7H3/t20-,21-,22-,23+,24+,25?,26+,28-,29+,30?,31-/m1/s1. The average Bonchev–Trinajstić information content (AvgIpc) is 3.40. The molecule has 3 aliphatic heterocycles. The van der Waals surface area contributed by atoms with Gasteiger partial charge in [0.25, 0.3) is 0 Å². The van der Waals surface area contributed by atoms with Gasteiger partial charge in [0.15, 0.2) is 6.10 Å². The van der Waals surface area contributed by atoms with Gasteiger partial charge in [-0.15, -0.1) is 0 Å². The highest BCUT2D eigenvalue weighted by molar-refractivity contribution is 5.82. The van der Waals surface area contributed by atoms with Gasteiger partial charge in [-0.2, -0.15) is 0 Å². The first-order valence-corrected chi connectivity index (χ1v) is 14.8. The fraction of sp³-hybridized carbons (Fsp3) is 0.742. The maximum atomic E-state index is 13.6. The van der Waals surface area contributed by atoms with Crippen molar-refractivity contribution in [2.75, 3.05) is 13.2 Å². The molecule has 12 heteroatoms. The van der Waals surface area contributed by atoms with Crippen LogP contribution >= 0.6 is 0 Å². The summed E-state index contributed by atoms with van der Waals surface area (Å²) in [6.45, 7) is 10.6. The maximum Gasteiger partial charge on any atom is 0.350 e. The number of aliphatic hydroxyl groups is 1. The largest absolute Gasteiger partial charge is 0.472 e. The summed E-state index contributed by atoms with van der Waals surface area (Å²) in [5.41, 5.74) is -4.19. The van der Waals surface area contributed by atoms with Crippen LogP contribution in [0.15, 0.2) is 24.0 Å². The predicted octanol–water partition coefficient (Wildman–Crippen LogP) is 2.50. The Hall–Kier alpha value is -2.96. The fourth-order valence-electron chi connectivity index (χ4n) is 7.91. The molecule has 238 valence electrons. The number of carbonyl (C=O) groups excluding carboxylic acids is 4. The Balaban J connectivity index is 1.63. The van der Waals surface area contributed by atoms with Crippen LogP contribution in [-0.4, -0.2) is 84.1 Å². The van der Waals surface area contributed by atoms with E-state index in [1.165, 1.54) is 27.7 Å². The second-order valence-corrected chi connectivity index (χ2v) is 12.9. The van der Waals surface area contributed by atoms with Crippen molar-refractivity contribution in [3.63, 3.8) is 0 Å². The van der Waals surface area contributed by atoms with Gasteiger partial charge in [-0.3, -0.25) is 14.4 Å². The quantitative estimate of drug-likeness (QED) is 0.187. The number of carbonyl (C=O) groups is 4. The van der Waals surface area contributed by atoms with Gasteiger partial charge in [-0.05, 0) is 51.2 Å². The van der Waals surface area contributed by atoms with Crippen molar-refractivity contribution >= 4 is 23.9 Å². The van der Waals surface area contributed by atoms with E-state index in [1.54, 1.807) is 13.2 Å². The number of hydrogen-bond acceptors (Lipinski definition) is 12. The van der Waals surface area contributed by atoms with Gasteiger partial charge >= 0.3 is 23.9 Å². The zero-order valence-corrected chi connectivity index (χ0v) is 25.7. The van der Waals surface area contributed by atoms with Crippen LogP contribution in [0.1, 0.15) is 67.7 Å². The number of hydrogen-bond donors (Lipinski definition) is 1. The molecule has 1 saturated carbocycles. The van der Waals surface area contributed by atoms with E-state index < -0.39 is 76.4 Å². The highest BCUT2D eigenvalue weighted by atomic mass is 16.7. The highest BCUT2D eigenvalue weighted by Crippen LogP contribution is 2.69. The van der Waals surface area contributed by atoms with E-state index in [2.05, 4.69) is 0 Å². The molecule has 3 heterocycles. The molecular weight excluding hydrogens is 564 g/mol. The molecule has 5 rings (SSSR count). The molecule has 2 aliphatic carbocycles. The molecule has 2 unspecified atom stereocenters. The maximum absolute atomic E-state index is 13.6. The van der Waals surface area contributed by atoms with Crippen LogP contribution < -0.4 is 0 Å². The molecule has 11 atom stereocenters. The van der Waals surface area contributed by atoms with Crippen molar-refractivity contribution in [2.45, 2.75) is 110 Å². The summed E-state index contributed by atoms with van der Waals surface area (Å²) in [7, 11) is 0. The van der Waals surface area contributed by atoms with Crippen molar-refractivity contribution in [3.8, 4) is 0 Å². The number of ether oxygens (including phenoxy) is 7. The molecule has 5 aliphatic rings. The summed E-state index contributed by atoms with van der Waals surface area (Å²) in [4.78, 5) is 50.2. The predicted molar refractivity (Wildman–Crippen MR) is 147 cm³/mol. The lowest BCUT2D eigenvalue weighted by Crippen LogP contribution is -2.73. The van der Waals surface area contributed by atoms with E-state index in [9.17, 15) is 24.3 Å². The first-order chi connectivity index (χ1) is 20.1. The molecule has 0 aromatic heterocycles. The Morgan fingerprint density at radius 2 is 1.79 bits per heavy atom. The van der Waals surface area contributed by atoms with E-state index in [-0.39, 0.29) is 38.1 Å². The van der Waals surface area contributed by atoms with Crippen molar-refractivity contribution in [1.29, 1.82) is 0 Å². The van der Waals surface area contributed by atoms with Crippen LogP contribution in [0.4, 0.5) is 0 Å². The van der Waals surface area contributed by atoms with Gasteiger partial charge in [-0.25, -0.2) is 4.79 Å². The number of aliphatic hydroxyl groups excluding tert-OH is 1. The van der Waals surface area contributed by atoms with Crippen molar-refractivity contribution < 1.29 is 57.4 Å². The molecule has 2 saturated heterocycles. The van der Waals surface area contributed by atoms with E-state index >= 15 is 0 Å². The topological polar surface area (TPSA) is 156 Å². The van der Waals surface area contributed by atoms with Crippen LogP contribution in [-0.2, 0) is 52.3 Å². The summed E-state index contributed by atoms with van der Waals surface area (Å²) in [6, 6.07) is 0. The Labute approximate surface area is 251 Å². The zero-order chi connectivity index (χ0) is 31.5. The molecule has 1 N–H and O–H groups in total.